The van der Waals surface area contributed by atoms with Gasteiger partial charge in [-0.05, 0) is 74.6 Å². The molecule has 0 aliphatic carbocycles. The van der Waals surface area contributed by atoms with Crippen LogP contribution in [0.4, 0.5) is 9.59 Å². The van der Waals surface area contributed by atoms with Crippen LogP contribution in [0.3, 0.4) is 0 Å². The second-order valence-electron chi connectivity index (χ2n) is 15.1. The van der Waals surface area contributed by atoms with Crippen molar-refractivity contribution in [1.29, 1.82) is 0 Å². The molecule has 1 aromatic carbocycles. The topological polar surface area (TPSA) is 187 Å². The minimum Gasteiger partial charge on any atom is -0.493 e. The Labute approximate surface area is 324 Å². The molecule has 0 unspecified atom stereocenters. The minimum absolute atomic E-state index is 0.0544. The lowest BCUT2D eigenvalue weighted by Crippen LogP contribution is -2.47. The van der Waals surface area contributed by atoms with E-state index in [9.17, 15) is 19.2 Å². The zero-order chi connectivity index (χ0) is 40.5. The number of benzene rings is 1. The molecule has 1 aliphatic heterocycles. The number of nitrogens with zero attached hydrogens (tertiary/aromatic N) is 2. The summed E-state index contributed by atoms with van der Waals surface area (Å²) >= 11 is 0. The average Bonchev–Trinajstić information content (AvgIpc) is 3.55. The summed E-state index contributed by atoms with van der Waals surface area (Å²) in [5.74, 6) is 0.163. The lowest BCUT2D eigenvalue weighted by atomic mass is 9.80. The number of carbonyl (C=O) groups excluding carboxylic acids is 4. The molecular weight excluding hydrogens is 712 g/mol. The summed E-state index contributed by atoms with van der Waals surface area (Å²) in [5, 5.41) is 2.90. The van der Waals surface area contributed by atoms with E-state index in [1.165, 1.54) is 4.90 Å². The van der Waals surface area contributed by atoms with E-state index in [1.807, 2.05) is 32.0 Å². The largest absolute Gasteiger partial charge is 0.511 e. The molecular formula is C40H60N4O11. The summed E-state index contributed by atoms with van der Waals surface area (Å²) in [7, 11) is 3.25. The van der Waals surface area contributed by atoms with Gasteiger partial charge in [0.15, 0.2) is 11.5 Å². The zero-order valence-corrected chi connectivity index (χ0v) is 33.5. The van der Waals surface area contributed by atoms with Gasteiger partial charge in [-0.1, -0.05) is 39.8 Å². The number of rotatable bonds is 22. The van der Waals surface area contributed by atoms with Crippen molar-refractivity contribution in [3.8, 4) is 11.5 Å². The number of methoxy groups -OCH3 is 2. The highest BCUT2D eigenvalue weighted by molar-refractivity contribution is 5.83. The van der Waals surface area contributed by atoms with Crippen LogP contribution in [0.5, 0.6) is 11.5 Å². The van der Waals surface area contributed by atoms with E-state index in [0.29, 0.717) is 49.5 Å². The van der Waals surface area contributed by atoms with Gasteiger partial charge in [0.05, 0.1) is 31.3 Å². The van der Waals surface area contributed by atoms with Gasteiger partial charge in [0.25, 0.3) is 0 Å². The number of ether oxygens (including phenoxy) is 7. The standard InChI is InChI=1S/C40H60N4O11/c1-26(2)30(17-28-12-13-33(50-8)35(18-28)51-16-10-15-49-7)19-32-34(20-31(27(3)4)36(45)43-23-40(5,6)37(41)46)53-24-44(32)38(47)54-25-55-39(48)52-22-29-11-9-14-42-21-29/h9,11-14,18,21,26-27,30-32,34H,10,15-17,19-20,22-25H2,1-8H3,(H2,41,46)(H,43,45)/t30-,31-,32-,34-/m0/s1. The molecule has 55 heavy (non-hydrogen) atoms. The first kappa shape index (κ1) is 44.8. The molecule has 2 heterocycles. The van der Waals surface area contributed by atoms with Gasteiger partial charge >= 0.3 is 12.2 Å². The maximum absolute atomic E-state index is 13.6. The summed E-state index contributed by atoms with van der Waals surface area (Å²) in [6.07, 6.45) is 3.09. The van der Waals surface area contributed by atoms with E-state index in [0.717, 1.165) is 12.0 Å². The summed E-state index contributed by atoms with van der Waals surface area (Å²) in [6.45, 7) is 11.8. The number of nitrogens with two attached hydrogens (primary N) is 1. The smallest absolute Gasteiger partial charge is 0.493 e. The maximum Gasteiger partial charge on any atom is 0.511 e. The van der Waals surface area contributed by atoms with Gasteiger partial charge in [-0.15, -0.1) is 0 Å². The first-order valence-corrected chi connectivity index (χ1v) is 18.8. The van der Waals surface area contributed by atoms with Crippen molar-refractivity contribution in [2.75, 3.05) is 47.5 Å². The van der Waals surface area contributed by atoms with Gasteiger partial charge in [-0.3, -0.25) is 19.5 Å². The van der Waals surface area contributed by atoms with Gasteiger partial charge in [0, 0.05) is 50.6 Å². The molecule has 0 spiro atoms. The molecule has 3 amide bonds. The molecule has 4 atom stereocenters. The van der Waals surface area contributed by atoms with Gasteiger partial charge in [0.1, 0.15) is 13.3 Å². The molecule has 0 radical (unpaired) electrons. The molecule has 1 saturated heterocycles. The van der Waals surface area contributed by atoms with Crippen LogP contribution in [0, 0.1) is 29.1 Å². The Bertz CT molecular complexity index is 1520. The van der Waals surface area contributed by atoms with Crippen molar-refractivity contribution in [3.05, 3.63) is 53.9 Å². The van der Waals surface area contributed by atoms with Crippen LogP contribution in [0.25, 0.3) is 0 Å². The number of amides is 3. The van der Waals surface area contributed by atoms with Crippen LogP contribution in [-0.4, -0.2) is 93.6 Å². The fraction of sp³-hybridized carbons (Fsp3) is 0.625. The highest BCUT2D eigenvalue weighted by atomic mass is 16.8. The molecule has 15 heteroatoms. The van der Waals surface area contributed by atoms with Gasteiger partial charge in [-0.25, -0.2) is 9.59 Å². The van der Waals surface area contributed by atoms with Crippen molar-refractivity contribution in [3.63, 3.8) is 0 Å². The molecule has 2 aromatic rings. The lowest BCUT2D eigenvalue weighted by molar-refractivity contribution is -0.130. The molecule has 1 fully saturated rings. The van der Waals surface area contributed by atoms with Gasteiger partial charge in [0.2, 0.25) is 18.6 Å². The Kier molecular flexibility index (Phi) is 18.0. The summed E-state index contributed by atoms with van der Waals surface area (Å²) in [6, 6.07) is 8.84. The molecule has 3 N–H and O–H groups in total. The molecule has 15 nitrogen and oxygen atoms in total. The first-order chi connectivity index (χ1) is 26.2. The fourth-order valence-electron chi connectivity index (χ4n) is 6.16. The Hall–Kier alpha value is -4.63. The number of hydrogen-bond acceptors (Lipinski definition) is 12. The van der Waals surface area contributed by atoms with Crippen LogP contribution in [0.2, 0.25) is 0 Å². The second kappa shape index (κ2) is 22.1. The molecule has 0 saturated carbocycles. The van der Waals surface area contributed by atoms with E-state index < -0.39 is 48.4 Å². The third kappa shape index (κ3) is 14.2. The minimum atomic E-state index is -1.00. The number of hydrogen-bond donors (Lipinski definition) is 2. The van der Waals surface area contributed by atoms with Gasteiger partial charge < -0.3 is 44.2 Å². The quantitative estimate of drug-likeness (QED) is 0.0874. The number of pyridine rings is 1. The SMILES string of the molecule is COCCCOc1cc(C[C@@H](C[C@H]2[C@H](C[C@H](C(=O)NCC(C)(C)C(N)=O)C(C)C)OCN2C(=O)OCOC(=O)OCc2cccnc2)C(C)C)ccc1OC. The Balaban J connectivity index is 1.80. The number of carbonyl (C=O) groups is 4. The lowest BCUT2D eigenvalue weighted by Gasteiger charge is -2.33. The Morgan fingerprint density at radius 2 is 1.75 bits per heavy atom. The van der Waals surface area contributed by atoms with E-state index in [1.54, 1.807) is 52.6 Å². The van der Waals surface area contributed by atoms with Crippen LogP contribution >= 0.6 is 0 Å². The van der Waals surface area contributed by atoms with Crippen LogP contribution in [-0.2, 0) is 46.3 Å². The maximum atomic E-state index is 13.6. The molecule has 3 rings (SSSR count). The van der Waals surface area contributed by atoms with Crippen LogP contribution in [0.1, 0.15) is 71.9 Å². The molecule has 306 valence electrons. The number of primary amides is 1. The van der Waals surface area contributed by atoms with E-state index in [4.69, 9.17) is 38.9 Å². The highest BCUT2D eigenvalue weighted by Gasteiger charge is 2.43. The molecule has 1 aliphatic rings. The van der Waals surface area contributed by atoms with E-state index in [-0.39, 0.29) is 43.5 Å². The Morgan fingerprint density at radius 1 is 0.982 bits per heavy atom. The summed E-state index contributed by atoms with van der Waals surface area (Å²) < 4.78 is 38.5. The second-order valence-corrected chi connectivity index (χ2v) is 15.1. The summed E-state index contributed by atoms with van der Waals surface area (Å²) in [4.78, 5) is 56.7. The third-order valence-electron chi connectivity index (χ3n) is 9.89. The zero-order valence-electron chi connectivity index (χ0n) is 33.5. The van der Waals surface area contributed by atoms with Crippen LogP contribution < -0.4 is 20.5 Å². The normalized spacial score (nSPS) is 16.7. The van der Waals surface area contributed by atoms with Crippen molar-refractivity contribution in [2.24, 2.45) is 34.8 Å². The number of aromatic nitrogens is 1. The highest BCUT2D eigenvalue weighted by Crippen LogP contribution is 2.36. The average molecular weight is 773 g/mol. The summed E-state index contributed by atoms with van der Waals surface area (Å²) in [5.41, 5.74) is 6.31. The van der Waals surface area contributed by atoms with Crippen molar-refractivity contribution in [1.82, 2.24) is 15.2 Å². The molecule has 1 aromatic heterocycles. The van der Waals surface area contributed by atoms with E-state index in [2.05, 4.69) is 24.1 Å². The fourth-order valence-corrected chi connectivity index (χ4v) is 6.16. The van der Waals surface area contributed by atoms with Crippen molar-refractivity contribution in [2.45, 2.75) is 86.0 Å². The van der Waals surface area contributed by atoms with Crippen molar-refractivity contribution < 1.29 is 52.3 Å². The van der Waals surface area contributed by atoms with Crippen LogP contribution in [0.15, 0.2) is 42.7 Å². The molecule has 0 bridgehead atoms. The van der Waals surface area contributed by atoms with E-state index >= 15 is 0 Å². The third-order valence-corrected chi connectivity index (χ3v) is 9.89. The Morgan fingerprint density at radius 3 is 2.38 bits per heavy atom. The predicted molar refractivity (Wildman–Crippen MR) is 203 cm³/mol. The first-order valence-electron chi connectivity index (χ1n) is 18.8. The number of nitrogens with one attached hydrogen (secondary N) is 1. The predicted octanol–water partition coefficient (Wildman–Crippen LogP) is 5.47. The monoisotopic (exact) mass is 772 g/mol. The van der Waals surface area contributed by atoms with Gasteiger partial charge in [-0.2, -0.15) is 0 Å². The van der Waals surface area contributed by atoms with Crippen molar-refractivity contribution >= 4 is 24.1 Å².